The van der Waals surface area contributed by atoms with E-state index in [4.69, 9.17) is 9.47 Å². The largest absolute Gasteiger partial charge is 0.464 e. The Bertz CT molecular complexity index is 710. The predicted molar refractivity (Wildman–Crippen MR) is 130 cm³/mol. The molecule has 0 fully saturated rings. The van der Waals surface area contributed by atoms with E-state index in [1.807, 2.05) is 0 Å². The second-order valence-corrected chi connectivity index (χ2v) is 8.34. The van der Waals surface area contributed by atoms with Crippen molar-refractivity contribution >= 4 is 17.7 Å². The summed E-state index contributed by atoms with van der Waals surface area (Å²) in [7, 11) is 0. The average Bonchev–Trinajstić information content (AvgIpc) is 2.82. The summed E-state index contributed by atoms with van der Waals surface area (Å²) in [4.78, 5) is 35.6. The van der Waals surface area contributed by atoms with Gasteiger partial charge >= 0.3 is 12.1 Å². The molecule has 0 spiro atoms. The molecule has 1 aromatic rings. The Morgan fingerprint density at radius 1 is 0.912 bits per heavy atom. The molecule has 0 radical (unpaired) electrons. The van der Waals surface area contributed by atoms with E-state index in [1.165, 1.54) is 80.5 Å². The smallest absolute Gasteiger partial charge is 0.415 e. The lowest BCUT2D eigenvalue weighted by atomic mass is 10.1. The number of aliphatic hydroxyl groups excluding tert-OH is 1. The van der Waals surface area contributed by atoms with E-state index in [0.717, 1.165) is 19.3 Å². The van der Waals surface area contributed by atoms with Crippen molar-refractivity contribution in [2.75, 3.05) is 26.3 Å². The molecule has 0 aliphatic rings. The number of amides is 1. The number of nitro groups is 1. The molecular weight excluding hydrogens is 440 g/mol. The van der Waals surface area contributed by atoms with Crippen LogP contribution in [0.3, 0.4) is 0 Å². The van der Waals surface area contributed by atoms with Gasteiger partial charge < -0.3 is 19.5 Å². The highest BCUT2D eigenvalue weighted by atomic mass is 16.6. The summed E-state index contributed by atoms with van der Waals surface area (Å²) in [5.41, 5.74) is -0.114. The van der Waals surface area contributed by atoms with E-state index in [2.05, 4.69) is 6.92 Å². The lowest BCUT2D eigenvalue weighted by Gasteiger charge is -2.20. The zero-order chi connectivity index (χ0) is 25.0. The van der Waals surface area contributed by atoms with E-state index in [0.29, 0.717) is 6.42 Å². The van der Waals surface area contributed by atoms with Gasteiger partial charge in [0, 0.05) is 25.1 Å². The Balaban J connectivity index is 2.16. The van der Waals surface area contributed by atoms with Crippen LogP contribution in [0.4, 0.5) is 10.5 Å². The van der Waals surface area contributed by atoms with Gasteiger partial charge in [-0.25, -0.2) is 4.79 Å². The molecule has 1 rings (SSSR count). The third-order valence-electron chi connectivity index (χ3n) is 5.49. The maximum atomic E-state index is 12.3. The molecule has 0 aromatic heterocycles. The highest BCUT2D eigenvalue weighted by Gasteiger charge is 2.17. The maximum absolute atomic E-state index is 12.3. The topological polar surface area (TPSA) is 119 Å². The highest BCUT2D eigenvalue weighted by Crippen LogP contribution is 2.18. The molecule has 9 nitrogen and oxygen atoms in total. The van der Waals surface area contributed by atoms with Gasteiger partial charge in [-0.3, -0.25) is 14.9 Å². The predicted octanol–water partition coefficient (Wildman–Crippen LogP) is 5.63. The Hall–Kier alpha value is -2.68. The third-order valence-corrected chi connectivity index (χ3v) is 5.49. The number of aliphatic hydroxyl groups is 1. The fourth-order valence-corrected chi connectivity index (χ4v) is 3.49. The SMILES string of the molecule is CCCCCCCCCCCCCC(=O)OCCN(CCO)C(=O)Oc1ccc([N+](=O)[O-])cc1. The van der Waals surface area contributed by atoms with Crippen LogP contribution in [0.1, 0.15) is 84.0 Å². The zero-order valence-corrected chi connectivity index (χ0v) is 20.4. The number of unbranched alkanes of at least 4 members (excludes halogenated alkanes) is 10. The van der Waals surface area contributed by atoms with Crippen LogP contribution in [-0.4, -0.2) is 53.3 Å². The number of benzene rings is 1. The van der Waals surface area contributed by atoms with Crippen LogP contribution in [0.15, 0.2) is 24.3 Å². The highest BCUT2D eigenvalue weighted by molar-refractivity contribution is 5.71. The van der Waals surface area contributed by atoms with Crippen molar-refractivity contribution in [1.82, 2.24) is 4.90 Å². The van der Waals surface area contributed by atoms with Crippen molar-refractivity contribution in [1.29, 1.82) is 0 Å². The van der Waals surface area contributed by atoms with E-state index in [1.54, 1.807) is 0 Å². The lowest BCUT2D eigenvalue weighted by molar-refractivity contribution is -0.384. The number of rotatable bonds is 19. The molecule has 1 N–H and O–H groups in total. The van der Waals surface area contributed by atoms with Gasteiger partial charge in [0.25, 0.3) is 5.69 Å². The molecule has 0 bridgehead atoms. The minimum atomic E-state index is -0.732. The number of non-ortho nitro benzene ring substituents is 1. The normalized spacial score (nSPS) is 10.6. The van der Waals surface area contributed by atoms with Crippen molar-refractivity contribution in [3.8, 4) is 5.75 Å². The van der Waals surface area contributed by atoms with Crippen LogP contribution < -0.4 is 4.74 Å². The van der Waals surface area contributed by atoms with E-state index in [-0.39, 0.29) is 43.7 Å². The van der Waals surface area contributed by atoms with Crippen molar-refractivity contribution in [2.45, 2.75) is 84.0 Å². The number of hydrogen-bond donors (Lipinski definition) is 1. The second-order valence-electron chi connectivity index (χ2n) is 8.34. The molecule has 0 aliphatic heterocycles. The van der Waals surface area contributed by atoms with E-state index in [9.17, 15) is 24.8 Å². The number of carbonyl (C=O) groups is 2. The van der Waals surface area contributed by atoms with Gasteiger partial charge in [0.2, 0.25) is 0 Å². The number of hydrogen-bond acceptors (Lipinski definition) is 7. The van der Waals surface area contributed by atoms with Crippen LogP contribution in [0.25, 0.3) is 0 Å². The maximum Gasteiger partial charge on any atom is 0.415 e. The Labute approximate surface area is 202 Å². The molecule has 0 unspecified atom stereocenters. The van der Waals surface area contributed by atoms with Crippen molar-refractivity contribution in [3.63, 3.8) is 0 Å². The number of nitrogens with zero attached hydrogens (tertiary/aromatic N) is 2. The van der Waals surface area contributed by atoms with Crippen molar-refractivity contribution in [2.24, 2.45) is 0 Å². The first-order valence-electron chi connectivity index (χ1n) is 12.5. The lowest BCUT2D eigenvalue weighted by Crippen LogP contribution is -2.38. The fourth-order valence-electron chi connectivity index (χ4n) is 3.49. The van der Waals surface area contributed by atoms with Crippen molar-refractivity contribution < 1.29 is 29.1 Å². The average molecular weight is 481 g/mol. The number of ether oxygens (including phenoxy) is 2. The van der Waals surface area contributed by atoms with Gasteiger partial charge in [-0.1, -0.05) is 71.1 Å². The van der Waals surface area contributed by atoms with Gasteiger partial charge in [0.1, 0.15) is 12.4 Å². The first-order valence-corrected chi connectivity index (χ1v) is 12.5. The first-order chi connectivity index (χ1) is 16.5. The van der Waals surface area contributed by atoms with Crippen LogP contribution in [0.2, 0.25) is 0 Å². The molecule has 0 saturated heterocycles. The summed E-state index contributed by atoms with van der Waals surface area (Å²) in [6.45, 7) is 2.05. The van der Waals surface area contributed by atoms with Gasteiger partial charge in [-0.2, -0.15) is 0 Å². The number of esters is 1. The zero-order valence-electron chi connectivity index (χ0n) is 20.4. The Kier molecular flexibility index (Phi) is 16.2. The van der Waals surface area contributed by atoms with E-state index < -0.39 is 11.0 Å². The summed E-state index contributed by atoms with van der Waals surface area (Å²) < 4.78 is 10.4. The molecular formula is C25H40N2O7. The first kappa shape index (κ1) is 29.4. The van der Waals surface area contributed by atoms with Gasteiger partial charge in [0.15, 0.2) is 0 Å². The fraction of sp³-hybridized carbons (Fsp3) is 0.680. The molecule has 0 aliphatic carbocycles. The second kappa shape index (κ2) is 18.7. The Morgan fingerprint density at radius 3 is 2.00 bits per heavy atom. The third kappa shape index (κ3) is 13.8. The molecule has 0 heterocycles. The molecule has 1 aromatic carbocycles. The van der Waals surface area contributed by atoms with Gasteiger partial charge in [-0.15, -0.1) is 0 Å². The minimum Gasteiger partial charge on any atom is -0.464 e. The Morgan fingerprint density at radius 2 is 1.47 bits per heavy atom. The summed E-state index contributed by atoms with van der Waals surface area (Å²) >= 11 is 0. The van der Waals surface area contributed by atoms with Gasteiger partial charge in [0.05, 0.1) is 18.1 Å². The molecule has 1 amide bonds. The van der Waals surface area contributed by atoms with Crippen LogP contribution in [-0.2, 0) is 9.53 Å². The van der Waals surface area contributed by atoms with Crippen LogP contribution in [0, 0.1) is 10.1 Å². The molecule has 0 saturated carbocycles. The summed E-state index contributed by atoms with van der Waals surface area (Å²) in [5, 5.41) is 19.9. The molecule has 192 valence electrons. The quantitative estimate of drug-likeness (QED) is 0.118. The summed E-state index contributed by atoms with van der Waals surface area (Å²) in [6, 6.07) is 5.10. The summed E-state index contributed by atoms with van der Waals surface area (Å²) in [6.07, 6.45) is 12.9. The van der Waals surface area contributed by atoms with Crippen LogP contribution >= 0.6 is 0 Å². The summed E-state index contributed by atoms with van der Waals surface area (Å²) in [5.74, 6) is -0.157. The van der Waals surface area contributed by atoms with Crippen molar-refractivity contribution in [3.05, 3.63) is 34.4 Å². The molecule has 0 atom stereocenters. The number of carbonyl (C=O) groups excluding carboxylic acids is 2. The monoisotopic (exact) mass is 480 g/mol. The van der Waals surface area contributed by atoms with Gasteiger partial charge in [-0.05, 0) is 18.6 Å². The molecule has 9 heteroatoms. The van der Waals surface area contributed by atoms with Crippen LogP contribution in [0.5, 0.6) is 5.75 Å². The number of nitro benzene ring substituents is 1. The molecule has 34 heavy (non-hydrogen) atoms. The standard InChI is InChI=1S/C25H40N2O7/c1-2-3-4-5-6-7-8-9-10-11-12-13-24(29)33-21-19-26(18-20-28)25(30)34-23-16-14-22(15-17-23)27(31)32/h14-17,28H,2-13,18-21H2,1H3. The minimum absolute atomic E-state index is 0.00618. The van der Waals surface area contributed by atoms with E-state index >= 15 is 0 Å².